The Morgan fingerprint density at radius 1 is 1.43 bits per heavy atom. The predicted octanol–water partition coefficient (Wildman–Crippen LogP) is 2.63. The molecule has 0 aromatic carbocycles. The third kappa shape index (κ3) is 4.52. The lowest BCUT2D eigenvalue weighted by molar-refractivity contribution is -0.145. The summed E-state index contributed by atoms with van der Waals surface area (Å²) < 4.78 is 16.0. The van der Waals surface area contributed by atoms with Gasteiger partial charge in [0.15, 0.2) is 5.82 Å². The van der Waals surface area contributed by atoms with Crippen molar-refractivity contribution in [3.8, 4) is 0 Å². The molecule has 1 aliphatic heterocycles. The summed E-state index contributed by atoms with van der Waals surface area (Å²) in [6.45, 7) is 4.96. The zero-order valence-corrected chi connectivity index (χ0v) is 12.8. The normalized spacial score (nSPS) is 20.2. The third-order valence-corrected chi connectivity index (χ3v) is 3.61. The number of hydrogen-bond acceptors (Lipinski definition) is 6. The van der Waals surface area contributed by atoms with E-state index in [-0.39, 0.29) is 12.1 Å². The van der Waals surface area contributed by atoms with Gasteiger partial charge in [-0.3, -0.25) is 4.79 Å². The highest BCUT2D eigenvalue weighted by Crippen LogP contribution is 2.23. The number of nitrogens with zero attached hydrogens (tertiary/aromatic N) is 2. The van der Waals surface area contributed by atoms with Gasteiger partial charge < -0.3 is 14.0 Å². The number of rotatable bonds is 7. The van der Waals surface area contributed by atoms with Gasteiger partial charge in [0, 0.05) is 13.0 Å². The first-order valence-corrected chi connectivity index (χ1v) is 7.85. The molecule has 0 amide bonds. The minimum Gasteiger partial charge on any atom is -0.465 e. The summed E-state index contributed by atoms with van der Waals surface area (Å²) in [5, 5.41) is 3.98. The van der Waals surface area contributed by atoms with Crippen LogP contribution in [0.2, 0.25) is 0 Å². The summed E-state index contributed by atoms with van der Waals surface area (Å²) in [6.07, 6.45) is 5.64. The fourth-order valence-electron chi connectivity index (χ4n) is 2.54. The van der Waals surface area contributed by atoms with Crippen molar-refractivity contribution in [2.75, 3.05) is 13.2 Å². The second kappa shape index (κ2) is 8.12. The van der Waals surface area contributed by atoms with E-state index in [0.29, 0.717) is 31.2 Å². The lowest BCUT2D eigenvalue weighted by atomic mass is 10.0. The van der Waals surface area contributed by atoms with Gasteiger partial charge in [0.25, 0.3) is 0 Å². The first-order chi connectivity index (χ1) is 10.2. The van der Waals surface area contributed by atoms with Gasteiger partial charge in [0.05, 0.1) is 12.7 Å². The molecule has 1 aromatic rings. The van der Waals surface area contributed by atoms with E-state index in [2.05, 4.69) is 10.1 Å². The molecule has 118 valence electrons. The molecule has 6 nitrogen and oxygen atoms in total. The van der Waals surface area contributed by atoms with E-state index in [4.69, 9.17) is 14.0 Å². The van der Waals surface area contributed by atoms with E-state index >= 15 is 0 Å². The van der Waals surface area contributed by atoms with Crippen LogP contribution in [0.5, 0.6) is 0 Å². The molecule has 0 spiro atoms. The van der Waals surface area contributed by atoms with Crippen LogP contribution in [0, 0.1) is 0 Å². The SMILES string of the molecule is CCCC(C(=O)OCC)c1nc(CC2CCCCO2)no1. The first-order valence-electron chi connectivity index (χ1n) is 7.85. The number of carbonyl (C=O) groups excluding carboxylic acids is 1. The maximum atomic E-state index is 12.0. The molecule has 2 unspecified atom stereocenters. The molecule has 1 fully saturated rings. The summed E-state index contributed by atoms with van der Waals surface area (Å²) in [5.41, 5.74) is 0. The molecule has 0 saturated carbocycles. The molecule has 2 heterocycles. The van der Waals surface area contributed by atoms with Gasteiger partial charge in [0.2, 0.25) is 5.89 Å². The van der Waals surface area contributed by atoms with Crippen LogP contribution in [0.15, 0.2) is 4.52 Å². The van der Waals surface area contributed by atoms with Crippen molar-refractivity contribution in [1.29, 1.82) is 0 Å². The molecule has 1 aromatic heterocycles. The summed E-state index contributed by atoms with van der Waals surface area (Å²) in [7, 11) is 0. The Morgan fingerprint density at radius 2 is 2.29 bits per heavy atom. The van der Waals surface area contributed by atoms with Crippen molar-refractivity contribution in [3.63, 3.8) is 0 Å². The number of aromatic nitrogens is 2. The Labute approximate surface area is 125 Å². The molecule has 1 saturated heterocycles. The Bertz CT molecular complexity index is 441. The zero-order chi connectivity index (χ0) is 15.1. The molecular weight excluding hydrogens is 272 g/mol. The maximum absolute atomic E-state index is 12.0. The minimum atomic E-state index is -0.455. The van der Waals surface area contributed by atoms with Crippen molar-refractivity contribution in [2.24, 2.45) is 0 Å². The lowest BCUT2D eigenvalue weighted by Gasteiger charge is -2.20. The van der Waals surface area contributed by atoms with Crippen LogP contribution >= 0.6 is 0 Å². The highest BCUT2D eigenvalue weighted by Gasteiger charge is 2.28. The fourth-order valence-corrected chi connectivity index (χ4v) is 2.54. The topological polar surface area (TPSA) is 74.5 Å². The van der Waals surface area contributed by atoms with E-state index in [9.17, 15) is 4.79 Å². The molecule has 6 heteroatoms. The van der Waals surface area contributed by atoms with Gasteiger partial charge in [-0.1, -0.05) is 18.5 Å². The van der Waals surface area contributed by atoms with Crippen molar-refractivity contribution < 1.29 is 18.8 Å². The smallest absolute Gasteiger partial charge is 0.318 e. The summed E-state index contributed by atoms with van der Waals surface area (Å²) in [6, 6.07) is 0. The quantitative estimate of drug-likeness (QED) is 0.720. The Kier molecular flexibility index (Phi) is 6.17. The molecule has 0 bridgehead atoms. The first kappa shape index (κ1) is 15.9. The van der Waals surface area contributed by atoms with E-state index in [0.717, 1.165) is 25.9 Å². The average molecular weight is 296 g/mol. The second-order valence-electron chi connectivity index (χ2n) is 5.33. The number of esters is 1. The number of ether oxygens (including phenoxy) is 2. The maximum Gasteiger partial charge on any atom is 0.318 e. The van der Waals surface area contributed by atoms with Crippen LogP contribution in [0.1, 0.15) is 63.6 Å². The average Bonchev–Trinajstić information content (AvgIpc) is 2.94. The lowest BCUT2D eigenvalue weighted by Crippen LogP contribution is -2.22. The largest absolute Gasteiger partial charge is 0.465 e. The standard InChI is InChI=1S/C15H24N2O4/c1-3-7-12(15(18)19-4-2)14-16-13(17-21-14)10-11-8-5-6-9-20-11/h11-12H,3-10H2,1-2H3. The van der Waals surface area contributed by atoms with Gasteiger partial charge in [-0.05, 0) is 32.6 Å². The van der Waals surface area contributed by atoms with Gasteiger partial charge in [-0.25, -0.2) is 0 Å². The Hall–Kier alpha value is -1.43. The highest BCUT2D eigenvalue weighted by molar-refractivity contribution is 5.76. The highest BCUT2D eigenvalue weighted by atomic mass is 16.5. The van der Waals surface area contributed by atoms with Crippen molar-refractivity contribution >= 4 is 5.97 Å². The molecule has 1 aliphatic rings. The molecule has 0 aliphatic carbocycles. The van der Waals surface area contributed by atoms with E-state index in [1.165, 1.54) is 6.42 Å². The van der Waals surface area contributed by atoms with E-state index in [1.54, 1.807) is 6.92 Å². The van der Waals surface area contributed by atoms with Crippen LogP contribution in [0.25, 0.3) is 0 Å². The minimum absolute atomic E-state index is 0.163. The van der Waals surface area contributed by atoms with Crippen LogP contribution in [-0.2, 0) is 20.7 Å². The predicted molar refractivity (Wildman–Crippen MR) is 75.9 cm³/mol. The van der Waals surface area contributed by atoms with Gasteiger partial charge in [0.1, 0.15) is 5.92 Å². The summed E-state index contributed by atoms with van der Waals surface area (Å²) in [4.78, 5) is 16.3. The molecule has 0 radical (unpaired) electrons. The van der Waals surface area contributed by atoms with Crippen LogP contribution in [-0.4, -0.2) is 35.4 Å². The molecule has 2 rings (SSSR count). The summed E-state index contributed by atoms with van der Waals surface area (Å²) >= 11 is 0. The van der Waals surface area contributed by atoms with Crippen LogP contribution in [0.3, 0.4) is 0 Å². The Balaban J connectivity index is 1.99. The fraction of sp³-hybridized carbons (Fsp3) is 0.800. The third-order valence-electron chi connectivity index (χ3n) is 3.61. The Morgan fingerprint density at radius 3 is 2.95 bits per heavy atom. The second-order valence-corrected chi connectivity index (χ2v) is 5.33. The monoisotopic (exact) mass is 296 g/mol. The van der Waals surface area contributed by atoms with E-state index < -0.39 is 5.92 Å². The van der Waals surface area contributed by atoms with Gasteiger partial charge in [-0.15, -0.1) is 0 Å². The van der Waals surface area contributed by atoms with Crippen molar-refractivity contribution in [3.05, 3.63) is 11.7 Å². The van der Waals surface area contributed by atoms with Crippen molar-refractivity contribution in [1.82, 2.24) is 10.1 Å². The summed E-state index contributed by atoms with van der Waals surface area (Å²) in [5.74, 6) is 0.232. The van der Waals surface area contributed by atoms with Crippen molar-refractivity contribution in [2.45, 2.75) is 64.4 Å². The molecule has 2 atom stereocenters. The molecular formula is C15H24N2O4. The van der Waals surface area contributed by atoms with Crippen LogP contribution in [0.4, 0.5) is 0 Å². The van der Waals surface area contributed by atoms with Gasteiger partial charge in [-0.2, -0.15) is 4.98 Å². The number of carbonyl (C=O) groups is 1. The number of hydrogen-bond donors (Lipinski definition) is 0. The molecule has 0 N–H and O–H groups in total. The van der Waals surface area contributed by atoms with Crippen LogP contribution < -0.4 is 0 Å². The van der Waals surface area contributed by atoms with Gasteiger partial charge >= 0.3 is 5.97 Å². The zero-order valence-electron chi connectivity index (χ0n) is 12.8. The molecule has 21 heavy (non-hydrogen) atoms. The van der Waals surface area contributed by atoms with E-state index in [1.807, 2.05) is 6.92 Å².